The lowest BCUT2D eigenvalue weighted by molar-refractivity contribution is 0.0935. The van der Waals surface area contributed by atoms with Crippen LogP contribution in [0.2, 0.25) is 5.02 Å². The van der Waals surface area contributed by atoms with Gasteiger partial charge in [0.1, 0.15) is 0 Å². The molecule has 6 heteroatoms. The highest BCUT2D eigenvalue weighted by Gasteiger charge is 2.23. The smallest absolute Gasteiger partial charge is 0.319 e. The summed E-state index contributed by atoms with van der Waals surface area (Å²) in [6.45, 7) is 2.01. The van der Waals surface area contributed by atoms with Gasteiger partial charge in [-0.2, -0.15) is 0 Å². The van der Waals surface area contributed by atoms with Gasteiger partial charge in [0.15, 0.2) is 0 Å². The van der Waals surface area contributed by atoms with Gasteiger partial charge in [-0.25, -0.2) is 4.79 Å². The van der Waals surface area contributed by atoms with E-state index < -0.39 is 0 Å². The van der Waals surface area contributed by atoms with Crippen LogP contribution in [-0.2, 0) is 0 Å². The fraction of sp³-hybridized carbons (Fsp3) is 0.300. The van der Waals surface area contributed by atoms with Crippen LogP contribution in [-0.4, -0.2) is 18.0 Å². The zero-order chi connectivity index (χ0) is 18.5. The zero-order valence-electron chi connectivity index (χ0n) is 14.6. The molecule has 3 rings (SSSR count). The molecule has 1 aliphatic carbocycles. The summed E-state index contributed by atoms with van der Waals surface area (Å²) in [5.74, 6) is -0.161. The monoisotopic (exact) mass is 371 g/mol. The van der Waals surface area contributed by atoms with E-state index in [-0.39, 0.29) is 18.0 Å². The average molecular weight is 372 g/mol. The number of nitrogens with one attached hydrogen (secondary N) is 3. The van der Waals surface area contributed by atoms with Gasteiger partial charge in [-0.15, -0.1) is 0 Å². The highest BCUT2D eigenvalue weighted by Crippen LogP contribution is 2.21. The molecule has 1 saturated carbocycles. The fourth-order valence-corrected chi connectivity index (χ4v) is 2.87. The van der Waals surface area contributed by atoms with Crippen LogP contribution >= 0.6 is 11.6 Å². The average Bonchev–Trinajstić information content (AvgIpc) is 3.44. The second-order valence-corrected chi connectivity index (χ2v) is 6.88. The molecule has 1 fully saturated rings. The van der Waals surface area contributed by atoms with Crippen molar-refractivity contribution in [3.8, 4) is 0 Å². The van der Waals surface area contributed by atoms with Crippen LogP contribution in [0.3, 0.4) is 0 Å². The van der Waals surface area contributed by atoms with Crippen LogP contribution < -0.4 is 16.0 Å². The molecule has 1 aliphatic rings. The number of rotatable bonds is 6. The van der Waals surface area contributed by atoms with E-state index in [1.165, 1.54) is 0 Å². The first-order valence-corrected chi connectivity index (χ1v) is 9.17. The van der Waals surface area contributed by atoms with E-state index in [9.17, 15) is 9.59 Å². The summed E-state index contributed by atoms with van der Waals surface area (Å²) < 4.78 is 0. The zero-order valence-corrected chi connectivity index (χ0v) is 15.3. The molecule has 0 spiro atoms. The molecular formula is C20H22ClN3O2. The van der Waals surface area contributed by atoms with Crippen LogP contribution in [0.1, 0.15) is 48.1 Å². The number of carbonyl (C=O) groups is 2. The Morgan fingerprint density at radius 3 is 2.50 bits per heavy atom. The highest BCUT2D eigenvalue weighted by atomic mass is 35.5. The number of halogens is 1. The van der Waals surface area contributed by atoms with E-state index in [2.05, 4.69) is 16.0 Å². The summed E-state index contributed by atoms with van der Waals surface area (Å²) in [7, 11) is 0. The first-order chi connectivity index (χ1) is 12.5. The molecule has 5 nitrogen and oxygen atoms in total. The van der Waals surface area contributed by atoms with Crippen molar-refractivity contribution in [2.75, 3.05) is 5.32 Å². The number of urea groups is 1. The number of benzene rings is 2. The first-order valence-electron chi connectivity index (χ1n) is 8.79. The minimum atomic E-state index is -0.211. The van der Waals surface area contributed by atoms with Crippen molar-refractivity contribution in [3.05, 3.63) is 64.7 Å². The van der Waals surface area contributed by atoms with Crippen molar-refractivity contribution in [1.82, 2.24) is 10.6 Å². The largest absolute Gasteiger partial charge is 0.345 e. The lowest BCUT2D eigenvalue weighted by Crippen LogP contribution is -2.30. The van der Waals surface area contributed by atoms with E-state index in [1.54, 1.807) is 24.3 Å². The summed E-state index contributed by atoms with van der Waals surface area (Å²) in [4.78, 5) is 24.3. The van der Waals surface area contributed by atoms with Gasteiger partial charge in [0.05, 0.1) is 6.04 Å². The van der Waals surface area contributed by atoms with E-state index in [1.807, 2.05) is 31.2 Å². The van der Waals surface area contributed by atoms with Gasteiger partial charge in [-0.3, -0.25) is 4.79 Å². The van der Waals surface area contributed by atoms with Gasteiger partial charge in [0, 0.05) is 22.3 Å². The van der Waals surface area contributed by atoms with Gasteiger partial charge >= 0.3 is 6.03 Å². The first kappa shape index (κ1) is 18.3. The molecule has 3 N–H and O–H groups in total. The third kappa shape index (κ3) is 4.99. The van der Waals surface area contributed by atoms with Crippen molar-refractivity contribution in [2.45, 2.75) is 38.3 Å². The Bertz CT molecular complexity index is 788. The predicted octanol–water partition coefficient (Wildman–Crippen LogP) is 4.51. The molecule has 26 heavy (non-hydrogen) atoms. The molecular weight excluding hydrogens is 350 g/mol. The van der Waals surface area contributed by atoms with Crippen molar-refractivity contribution >= 4 is 29.2 Å². The molecule has 0 aliphatic heterocycles. The number of carbonyl (C=O) groups excluding carboxylic acids is 2. The van der Waals surface area contributed by atoms with E-state index in [0.717, 1.165) is 24.8 Å². The Hall–Kier alpha value is -2.53. The molecule has 0 radical (unpaired) electrons. The summed E-state index contributed by atoms with van der Waals surface area (Å²) >= 11 is 6.04. The summed E-state index contributed by atoms with van der Waals surface area (Å²) in [6.07, 6.45) is 2.84. The lowest BCUT2D eigenvalue weighted by Gasteiger charge is -2.18. The van der Waals surface area contributed by atoms with E-state index in [0.29, 0.717) is 22.3 Å². The highest BCUT2D eigenvalue weighted by molar-refractivity contribution is 6.30. The minimum absolute atomic E-state index is 0.108. The lowest BCUT2D eigenvalue weighted by atomic mass is 10.0. The summed E-state index contributed by atoms with van der Waals surface area (Å²) in [5.41, 5.74) is 2.17. The van der Waals surface area contributed by atoms with Crippen molar-refractivity contribution in [1.29, 1.82) is 0 Å². The Balaban J connectivity index is 1.60. The molecule has 0 saturated heterocycles. The van der Waals surface area contributed by atoms with Gasteiger partial charge < -0.3 is 16.0 Å². The molecule has 2 aromatic rings. The predicted molar refractivity (Wildman–Crippen MR) is 104 cm³/mol. The van der Waals surface area contributed by atoms with Gasteiger partial charge in [-0.05, 0) is 61.2 Å². The molecule has 0 bridgehead atoms. The minimum Gasteiger partial charge on any atom is -0.345 e. The van der Waals surface area contributed by atoms with Gasteiger partial charge in [0.25, 0.3) is 5.91 Å². The quantitative estimate of drug-likeness (QED) is 0.699. The van der Waals surface area contributed by atoms with Crippen LogP contribution in [0.15, 0.2) is 48.5 Å². The van der Waals surface area contributed by atoms with Crippen molar-refractivity contribution in [2.24, 2.45) is 0 Å². The maximum Gasteiger partial charge on any atom is 0.319 e. The number of anilines is 1. The van der Waals surface area contributed by atoms with E-state index in [4.69, 9.17) is 11.6 Å². The second kappa shape index (κ2) is 8.23. The molecule has 1 atom stereocenters. The molecule has 0 heterocycles. The SMILES string of the molecule is CCC(NC(=O)c1ccc(NC(=O)NC2CC2)cc1)c1cccc(Cl)c1. The maximum absolute atomic E-state index is 12.5. The Morgan fingerprint density at radius 2 is 1.88 bits per heavy atom. The number of hydrogen-bond acceptors (Lipinski definition) is 2. The third-order valence-electron chi connectivity index (χ3n) is 4.28. The molecule has 1 unspecified atom stereocenters. The van der Waals surface area contributed by atoms with Crippen LogP contribution in [0, 0.1) is 0 Å². The van der Waals surface area contributed by atoms with Gasteiger partial charge in [-0.1, -0.05) is 30.7 Å². The number of hydrogen-bond donors (Lipinski definition) is 3. The fourth-order valence-electron chi connectivity index (χ4n) is 2.67. The Morgan fingerprint density at radius 1 is 1.15 bits per heavy atom. The summed E-state index contributed by atoms with van der Waals surface area (Å²) in [6, 6.07) is 14.3. The normalized spacial score (nSPS) is 14.4. The standard InChI is InChI=1S/C20H22ClN3O2/c1-2-18(14-4-3-5-15(21)12-14)24-19(25)13-6-8-16(9-7-13)22-20(26)23-17-10-11-17/h3-9,12,17-18H,2,10-11H2,1H3,(H,24,25)(H2,22,23,26). The second-order valence-electron chi connectivity index (χ2n) is 6.44. The van der Waals surface area contributed by atoms with Crippen LogP contribution in [0.25, 0.3) is 0 Å². The van der Waals surface area contributed by atoms with Crippen LogP contribution in [0.4, 0.5) is 10.5 Å². The Kier molecular flexibility index (Phi) is 5.78. The summed E-state index contributed by atoms with van der Waals surface area (Å²) in [5, 5.41) is 9.30. The van der Waals surface area contributed by atoms with Crippen molar-refractivity contribution < 1.29 is 9.59 Å². The Labute approximate surface area is 158 Å². The van der Waals surface area contributed by atoms with Gasteiger partial charge in [0.2, 0.25) is 0 Å². The number of amides is 3. The molecule has 3 amide bonds. The third-order valence-corrected chi connectivity index (χ3v) is 4.52. The van der Waals surface area contributed by atoms with E-state index >= 15 is 0 Å². The molecule has 136 valence electrons. The van der Waals surface area contributed by atoms with Crippen LogP contribution in [0.5, 0.6) is 0 Å². The van der Waals surface area contributed by atoms with Crippen molar-refractivity contribution in [3.63, 3.8) is 0 Å². The molecule has 2 aromatic carbocycles. The topological polar surface area (TPSA) is 70.2 Å². The molecule has 0 aromatic heterocycles. The maximum atomic E-state index is 12.5.